The summed E-state index contributed by atoms with van der Waals surface area (Å²) in [6, 6.07) is 16.0. The van der Waals surface area contributed by atoms with Crippen LogP contribution in [-0.2, 0) is 19.6 Å². The molecule has 0 aliphatic carbocycles. The molecule has 1 aliphatic rings. The van der Waals surface area contributed by atoms with Crippen LogP contribution < -0.4 is 29.1 Å². The summed E-state index contributed by atoms with van der Waals surface area (Å²) in [5, 5.41) is 6.82. The van der Waals surface area contributed by atoms with Crippen molar-refractivity contribution in [3.05, 3.63) is 54.6 Å². The maximum Gasteiger partial charge on any atom is 0.298 e. The lowest BCUT2D eigenvalue weighted by atomic mass is 10.0. The van der Waals surface area contributed by atoms with Crippen LogP contribution in [0.15, 0.2) is 64.0 Å². The van der Waals surface area contributed by atoms with E-state index in [1.165, 1.54) is 33.4 Å². The first kappa shape index (κ1) is 32.0. The van der Waals surface area contributed by atoms with Gasteiger partial charge in [0.15, 0.2) is 16.3 Å². The van der Waals surface area contributed by atoms with E-state index < -0.39 is 10.0 Å². The minimum Gasteiger partial charge on any atom is -0.496 e. The largest absolute Gasteiger partial charge is 0.496 e. The van der Waals surface area contributed by atoms with Gasteiger partial charge in [-0.3, -0.25) is 14.3 Å². The number of amides is 2. The summed E-state index contributed by atoms with van der Waals surface area (Å²) >= 11 is 0. The van der Waals surface area contributed by atoms with Gasteiger partial charge in [-0.2, -0.15) is 0 Å². The van der Waals surface area contributed by atoms with Crippen molar-refractivity contribution in [3.8, 4) is 40.7 Å². The highest BCUT2D eigenvalue weighted by molar-refractivity contribution is 7.93. The van der Waals surface area contributed by atoms with Crippen molar-refractivity contribution in [2.45, 2.75) is 11.3 Å². The van der Waals surface area contributed by atoms with Crippen LogP contribution in [0.5, 0.6) is 17.2 Å². The zero-order valence-electron chi connectivity index (χ0n) is 25.5. The number of sulfonamides is 1. The average molecular weight is 648 g/mol. The molecule has 13 nitrogen and oxygen atoms in total. The molecule has 1 saturated heterocycles. The highest BCUT2D eigenvalue weighted by Gasteiger charge is 2.29. The van der Waals surface area contributed by atoms with Crippen molar-refractivity contribution < 1.29 is 36.7 Å². The monoisotopic (exact) mass is 647 g/mol. The second kappa shape index (κ2) is 13.7. The highest BCUT2D eigenvalue weighted by Crippen LogP contribution is 2.40. The molecule has 0 atom stereocenters. The number of benzene rings is 3. The van der Waals surface area contributed by atoms with Gasteiger partial charge >= 0.3 is 0 Å². The standard InChI is InChI=1S/C32H33N5O8S/c1-5-29(39)37-15-13-36(14-16-37)23-9-6-8-21(18-23)22-19-26(43-4)30-27(20-22)45-34-32(30)35-46(40,41)31-24(42-3)10-7-11-25(31)44-17-12-28(38)33-2/h1,6-11,18-20H,12-17H2,2-4H3,(H,33,38)(H,34,35). The molecule has 0 radical (unpaired) electrons. The van der Waals surface area contributed by atoms with Crippen LogP contribution in [0.2, 0.25) is 0 Å². The molecule has 1 fully saturated rings. The predicted molar refractivity (Wildman–Crippen MR) is 172 cm³/mol. The second-order valence-corrected chi connectivity index (χ2v) is 11.8. The van der Waals surface area contributed by atoms with Gasteiger partial charge in [-0.25, -0.2) is 8.42 Å². The normalized spacial score (nSPS) is 13.2. The molecule has 2 heterocycles. The van der Waals surface area contributed by atoms with Gasteiger partial charge in [0.2, 0.25) is 5.91 Å². The number of piperazine rings is 1. The fraction of sp³-hybridized carbons (Fsp3) is 0.281. The van der Waals surface area contributed by atoms with Crippen LogP contribution in [0, 0.1) is 12.3 Å². The lowest BCUT2D eigenvalue weighted by molar-refractivity contribution is -0.125. The number of ether oxygens (including phenoxy) is 3. The fourth-order valence-electron chi connectivity index (χ4n) is 5.17. The number of terminal acetylenes is 1. The van der Waals surface area contributed by atoms with Gasteiger partial charge in [0.1, 0.15) is 22.6 Å². The zero-order valence-corrected chi connectivity index (χ0v) is 26.3. The van der Waals surface area contributed by atoms with E-state index >= 15 is 0 Å². The highest BCUT2D eigenvalue weighted by atomic mass is 32.2. The zero-order chi connectivity index (χ0) is 32.8. The van der Waals surface area contributed by atoms with E-state index in [1.54, 1.807) is 23.1 Å². The molecule has 1 aliphatic heterocycles. The Morgan fingerprint density at radius 1 is 0.978 bits per heavy atom. The Bertz CT molecular complexity index is 1910. The minimum atomic E-state index is -4.34. The molecule has 5 rings (SSSR count). The van der Waals surface area contributed by atoms with Crippen molar-refractivity contribution in [1.82, 2.24) is 15.4 Å². The molecule has 0 saturated carbocycles. The summed E-state index contributed by atoms with van der Waals surface area (Å²) in [5.74, 6) is 1.89. The van der Waals surface area contributed by atoms with Crippen molar-refractivity contribution in [2.75, 3.05) is 63.7 Å². The molecular formula is C32H33N5O8S. The molecule has 14 heteroatoms. The number of aromatic nitrogens is 1. The van der Waals surface area contributed by atoms with Crippen LogP contribution in [-0.4, -0.2) is 84.3 Å². The Hall–Kier alpha value is -5.42. The molecule has 0 spiro atoms. The van der Waals surface area contributed by atoms with Crippen molar-refractivity contribution in [3.63, 3.8) is 0 Å². The number of fused-ring (bicyclic) bond motifs is 1. The van der Waals surface area contributed by atoms with Crippen molar-refractivity contribution >= 4 is 44.3 Å². The Labute approximate surface area is 266 Å². The average Bonchev–Trinajstić information content (AvgIpc) is 3.49. The molecule has 2 N–H and O–H groups in total. The van der Waals surface area contributed by atoms with Crippen molar-refractivity contribution in [1.29, 1.82) is 0 Å². The number of rotatable bonds is 11. The van der Waals surface area contributed by atoms with E-state index in [-0.39, 0.29) is 47.1 Å². The third kappa shape index (κ3) is 6.64. The predicted octanol–water partition coefficient (Wildman–Crippen LogP) is 3.11. The summed E-state index contributed by atoms with van der Waals surface area (Å²) in [5.41, 5.74) is 2.89. The molecular weight excluding hydrogens is 614 g/mol. The number of nitrogens with one attached hydrogen (secondary N) is 2. The van der Waals surface area contributed by atoms with Crippen molar-refractivity contribution in [2.24, 2.45) is 0 Å². The Morgan fingerprint density at radius 3 is 2.39 bits per heavy atom. The van der Waals surface area contributed by atoms with E-state index in [4.69, 9.17) is 25.2 Å². The Balaban J connectivity index is 1.43. The fourth-order valence-corrected chi connectivity index (χ4v) is 6.47. The van der Waals surface area contributed by atoms with Gasteiger partial charge in [0.25, 0.3) is 15.9 Å². The summed E-state index contributed by atoms with van der Waals surface area (Å²) in [4.78, 5) is 27.1. The van der Waals surface area contributed by atoms with Crippen LogP contribution >= 0.6 is 0 Å². The molecule has 3 aromatic carbocycles. The van der Waals surface area contributed by atoms with Gasteiger partial charge in [0, 0.05) is 38.9 Å². The van der Waals surface area contributed by atoms with Crippen LogP contribution in [0.25, 0.3) is 22.1 Å². The third-order valence-corrected chi connectivity index (χ3v) is 8.92. The summed E-state index contributed by atoms with van der Waals surface area (Å²) in [6.45, 7) is 2.28. The van der Waals surface area contributed by atoms with E-state index in [9.17, 15) is 18.0 Å². The number of methoxy groups -OCH3 is 2. The van der Waals surface area contributed by atoms with Crippen LogP contribution in [0.1, 0.15) is 6.42 Å². The summed E-state index contributed by atoms with van der Waals surface area (Å²) in [7, 11) is -0.0304. The topological polar surface area (TPSA) is 153 Å². The first-order valence-corrected chi connectivity index (χ1v) is 15.8. The SMILES string of the molecule is C#CC(=O)N1CCN(c2cccc(-c3cc(OC)c4c(NS(=O)(=O)c5c(OC)cccc5OCCC(=O)NC)noc4c3)c2)CC1. The number of hydrogen-bond acceptors (Lipinski definition) is 10. The van der Waals surface area contributed by atoms with Gasteiger partial charge < -0.3 is 33.9 Å². The second-order valence-electron chi connectivity index (χ2n) is 10.2. The van der Waals surface area contributed by atoms with Gasteiger partial charge in [0.05, 0.1) is 27.2 Å². The van der Waals surface area contributed by atoms with Gasteiger partial charge in [-0.15, -0.1) is 6.42 Å². The van der Waals surface area contributed by atoms with E-state index in [2.05, 4.69) is 26.0 Å². The van der Waals surface area contributed by atoms with E-state index in [0.29, 0.717) is 42.9 Å². The first-order valence-electron chi connectivity index (χ1n) is 14.3. The minimum absolute atomic E-state index is 0.00162. The molecule has 0 unspecified atom stereocenters. The number of hydrogen-bond donors (Lipinski definition) is 2. The molecule has 46 heavy (non-hydrogen) atoms. The number of nitrogens with zero attached hydrogens (tertiary/aromatic N) is 3. The summed E-state index contributed by atoms with van der Waals surface area (Å²) in [6.07, 6.45) is 5.30. The molecule has 1 aromatic heterocycles. The molecule has 0 bridgehead atoms. The molecule has 4 aromatic rings. The molecule has 2 amide bonds. The van der Waals surface area contributed by atoms with Crippen LogP contribution in [0.3, 0.4) is 0 Å². The number of carbonyl (C=O) groups is 2. The Kier molecular flexibility index (Phi) is 9.53. The van der Waals surface area contributed by atoms with Gasteiger partial charge in [-0.1, -0.05) is 23.4 Å². The lowest BCUT2D eigenvalue weighted by Gasteiger charge is -2.35. The first-order chi connectivity index (χ1) is 22.2. The lowest BCUT2D eigenvalue weighted by Crippen LogP contribution is -2.48. The third-order valence-electron chi connectivity index (χ3n) is 7.52. The summed E-state index contributed by atoms with van der Waals surface area (Å²) < 4.78 is 52.2. The van der Waals surface area contributed by atoms with Crippen LogP contribution in [0.4, 0.5) is 11.5 Å². The molecule has 240 valence electrons. The van der Waals surface area contributed by atoms with E-state index in [1.807, 2.05) is 24.3 Å². The van der Waals surface area contributed by atoms with Gasteiger partial charge in [-0.05, 0) is 53.4 Å². The maximum atomic E-state index is 13.7. The Morgan fingerprint density at radius 2 is 1.70 bits per heavy atom. The maximum absolute atomic E-state index is 13.7. The number of carbonyl (C=O) groups excluding carboxylic acids is 2. The van der Waals surface area contributed by atoms with E-state index in [0.717, 1.165) is 16.8 Å². The smallest absolute Gasteiger partial charge is 0.298 e. The number of anilines is 2. The quantitative estimate of drug-likeness (QED) is 0.232.